The molecule has 0 saturated carbocycles. The molecular weight excluding hydrogens is 188 g/mol. The van der Waals surface area contributed by atoms with Gasteiger partial charge in [0.1, 0.15) is 5.69 Å². The Morgan fingerprint density at radius 2 is 2.00 bits per heavy atom. The van der Waals surface area contributed by atoms with Crippen LogP contribution in [0.5, 0.6) is 0 Å². The fraction of sp³-hybridized carbons (Fsp3) is 0.375. The van der Waals surface area contributed by atoms with Gasteiger partial charge in [-0.25, -0.2) is 4.98 Å². The Morgan fingerprint density at radius 1 is 1.38 bits per heavy atom. The number of carbonyl (C=O) groups is 2. The predicted octanol–water partition coefficient (Wildman–Crippen LogP) is 1.61. The van der Waals surface area contributed by atoms with E-state index in [2.05, 4.69) is 10.3 Å². The number of aryl methyl sites for hydroxylation is 1. The topological polar surface area (TPSA) is 59.1 Å². The van der Waals surface area contributed by atoms with Gasteiger partial charge in [-0.3, -0.25) is 9.59 Å². The zero-order valence-electron chi connectivity index (χ0n) is 7.67. The number of Topliss-reactive ketones (excluding diaryl/α,β-unsaturated/α-hetero) is 1. The third-order valence-electron chi connectivity index (χ3n) is 1.41. The molecule has 13 heavy (non-hydrogen) atoms. The number of hydrogen-bond acceptors (Lipinski definition) is 4. The zero-order valence-corrected chi connectivity index (χ0v) is 8.49. The molecule has 1 heterocycles. The molecule has 0 aliphatic heterocycles. The summed E-state index contributed by atoms with van der Waals surface area (Å²) in [6.45, 7) is 4.67. The molecule has 1 rings (SSSR count). The molecule has 0 bridgehead atoms. The summed E-state index contributed by atoms with van der Waals surface area (Å²) in [5, 5.41) is 3.02. The first-order valence-electron chi connectivity index (χ1n) is 3.76. The minimum absolute atomic E-state index is 0.0784. The number of carbonyl (C=O) groups excluding carboxylic acids is 2. The Labute approximate surface area is 80.0 Å². The monoisotopic (exact) mass is 198 g/mol. The van der Waals surface area contributed by atoms with Crippen LogP contribution in [0.4, 0.5) is 5.13 Å². The van der Waals surface area contributed by atoms with Gasteiger partial charge in [-0.05, 0) is 6.92 Å². The zero-order chi connectivity index (χ0) is 10.0. The normalized spacial score (nSPS) is 9.77. The fourth-order valence-corrected chi connectivity index (χ4v) is 1.83. The van der Waals surface area contributed by atoms with Crippen LogP contribution >= 0.6 is 11.3 Å². The summed E-state index contributed by atoms with van der Waals surface area (Å²) in [6, 6.07) is 0. The van der Waals surface area contributed by atoms with Crippen molar-refractivity contribution in [2.24, 2.45) is 0 Å². The second kappa shape index (κ2) is 3.66. The molecule has 0 aliphatic carbocycles. The van der Waals surface area contributed by atoms with E-state index in [0.717, 1.165) is 4.88 Å². The Balaban J connectivity index is 2.95. The van der Waals surface area contributed by atoms with Crippen molar-refractivity contribution in [3.05, 3.63) is 10.6 Å². The van der Waals surface area contributed by atoms with E-state index in [1.54, 1.807) is 6.92 Å². The van der Waals surface area contributed by atoms with Crippen molar-refractivity contribution < 1.29 is 9.59 Å². The molecule has 0 saturated heterocycles. The Bertz CT molecular complexity index is 357. The second-order valence-corrected chi connectivity index (χ2v) is 3.86. The number of anilines is 1. The van der Waals surface area contributed by atoms with Crippen molar-refractivity contribution in [1.29, 1.82) is 0 Å². The highest BCUT2D eigenvalue weighted by Gasteiger charge is 2.11. The lowest BCUT2D eigenvalue weighted by molar-refractivity contribution is -0.114. The minimum Gasteiger partial charge on any atom is -0.302 e. The van der Waals surface area contributed by atoms with Crippen LogP contribution in [-0.2, 0) is 4.79 Å². The number of nitrogens with one attached hydrogen (secondary N) is 1. The first-order chi connectivity index (χ1) is 6.00. The molecule has 0 aliphatic rings. The van der Waals surface area contributed by atoms with E-state index in [4.69, 9.17) is 0 Å². The van der Waals surface area contributed by atoms with Crippen LogP contribution in [0.3, 0.4) is 0 Å². The highest BCUT2D eigenvalue weighted by Crippen LogP contribution is 2.21. The maximum atomic E-state index is 11.0. The Morgan fingerprint density at radius 3 is 2.38 bits per heavy atom. The minimum atomic E-state index is -0.177. The van der Waals surface area contributed by atoms with Gasteiger partial charge in [0.2, 0.25) is 5.91 Å². The Kier molecular flexibility index (Phi) is 2.77. The maximum absolute atomic E-state index is 11.0. The molecule has 0 atom stereocenters. The molecule has 0 fully saturated rings. The van der Waals surface area contributed by atoms with E-state index in [0.29, 0.717) is 10.8 Å². The molecule has 70 valence electrons. The first-order valence-corrected chi connectivity index (χ1v) is 4.58. The molecule has 1 N–H and O–H groups in total. The highest BCUT2D eigenvalue weighted by atomic mass is 32.1. The predicted molar refractivity (Wildman–Crippen MR) is 51.2 cm³/mol. The van der Waals surface area contributed by atoms with Crippen LogP contribution in [0.1, 0.15) is 29.2 Å². The van der Waals surface area contributed by atoms with E-state index in [1.165, 1.54) is 25.2 Å². The molecule has 0 aromatic carbocycles. The SMILES string of the molecule is CC(=O)Nc1nc(C(C)=O)c(C)s1. The van der Waals surface area contributed by atoms with Crippen molar-refractivity contribution in [3.8, 4) is 0 Å². The van der Waals surface area contributed by atoms with Crippen LogP contribution < -0.4 is 5.32 Å². The quantitative estimate of drug-likeness (QED) is 0.734. The van der Waals surface area contributed by atoms with Crippen molar-refractivity contribution in [1.82, 2.24) is 4.98 Å². The van der Waals surface area contributed by atoms with E-state index < -0.39 is 0 Å². The maximum Gasteiger partial charge on any atom is 0.223 e. The van der Waals surface area contributed by atoms with Crippen LogP contribution in [0.25, 0.3) is 0 Å². The summed E-state index contributed by atoms with van der Waals surface area (Å²) in [4.78, 5) is 26.5. The first kappa shape index (κ1) is 9.85. The van der Waals surface area contributed by atoms with Gasteiger partial charge in [0.25, 0.3) is 0 Å². The molecule has 4 nitrogen and oxygen atoms in total. The smallest absolute Gasteiger partial charge is 0.223 e. The van der Waals surface area contributed by atoms with Gasteiger partial charge in [-0.15, -0.1) is 11.3 Å². The van der Waals surface area contributed by atoms with Crippen molar-refractivity contribution in [2.75, 3.05) is 5.32 Å². The molecule has 0 spiro atoms. The van der Waals surface area contributed by atoms with Crippen LogP contribution in [0.15, 0.2) is 0 Å². The van der Waals surface area contributed by atoms with E-state index in [9.17, 15) is 9.59 Å². The van der Waals surface area contributed by atoms with Gasteiger partial charge in [-0.2, -0.15) is 0 Å². The van der Waals surface area contributed by atoms with Crippen LogP contribution in [0.2, 0.25) is 0 Å². The van der Waals surface area contributed by atoms with Crippen molar-refractivity contribution >= 4 is 28.2 Å². The standard InChI is InChI=1S/C8H10N2O2S/c1-4(11)7-5(2)13-8(10-7)9-6(3)12/h1-3H3,(H,9,10,12). The van der Waals surface area contributed by atoms with Gasteiger partial charge in [0.15, 0.2) is 10.9 Å². The average molecular weight is 198 g/mol. The summed E-state index contributed by atoms with van der Waals surface area (Å²) in [5.41, 5.74) is 0.439. The Hall–Kier alpha value is -1.23. The van der Waals surface area contributed by atoms with Gasteiger partial charge in [0.05, 0.1) is 0 Å². The number of nitrogens with zero attached hydrogens (tertiary/aromatic N) is 1. The molecule has 1 aromatic rings. The molecule has 5 heteroatoms. The molecule has 0 radical (unpaired) electrons. The number of ketones is 1. The lowest BCUT2D eigenvalue weighted by atomic mass is 10.3. The summed E-state index contributed by atoms with van der Waals surface area (Å²) in [5.74, 6) is -0.255. The number of hydrogen-bond donors (Lipinski definition) is 1. The average Bonchev–Trinajstić information content (AvgIpc) is 2.29. The number of thiazole rings is 1. The number of aromatic nitrogens is 1. The molecular formula is C8H10N2O2S. The molecule has 1 aromatic heterocycles. The largest absolute Gasteiger partial charge is 0.302 e. The highest BCUT2D eigenvalue weighted by molar-refractivity contribution is 7.16. The van der Waals surface area contributed by atoms with E-state index >= 15 is 0 Å². The third-order valence-corrected chi connectivity index (χ3v) is 2.30. The van der Waals surface area contributed by atoms with Crippen LogP contribution in [0, 0.1) is 6.92 Å². The number of rotatable bonds is 2. The molecule has 0 unspecified atom stereocenters. The van der Waals surface area contributed by atoms with E-state index in [-0.39, 0.29) is 11.7 Å². The van der Waals surface area contributed by atoms with Crippen molar-refractivity contribution in [2.45, 2.75) is 20.8 Å². The second-order valence-electron chi connectivity index (χ2n) is 2.66. The van der Waals surface area contributed by atoms with Gasteiger partial charge in [-0.1, -0.05) is 0 Å². The number of amides is 1. The lowest BCUT2D eigenvalue weighted by Gasteiger charge is -1.92. The van der Waals surface area contributed by atoms with Crippen molar-refractivity contribution in [3.63, 3.8) is 0 Å². The fourth-order valence-electron chi connectivity index (χ4n) is 0.927. The van der Waals surface area contributed by atoms with Gasteiger partial charge in [0, 0.05) is 18.7 Å². The summed E-state index contributed by atoms with van der Waals surface area (Å²) in [7, 11) is 0. The van der Waals surface area contributed by atoms with E-state index in [1.807, 2.05) is 0 Å². The molecule has 1 amide bonds. The third kappa shape index (κ3) is 2.35. The summed E-state index contributed by atoms with van der Waals surface area (Å²) in [6.07, 6.45) is 0. The summed E-state index contributed by atoms with van der Waals surface area (Å²) >= 11 is 1.31. The van der Waals surface area contributed by atoms with Gasteiger partial charge >= 0.3 is 0 Å². The van der Waals surface area contributed by atoms with Crippen LogP contribution in [-0.4, -0.2) is 16.7 Å². The van der Waals surface area contributed by atoms with Gasteiger partial charge < -0.3 is 5.32 Å². The lowest BCUT2D eigenvalue weighted by Crippen LogP contribution is -2.05. The summed E-state index contributed by atoms with van der Waals surface area (Å²) < 4.78 is 0.